The fourth-order valence-electron chi connectivity index (χ4n) is 3.95. The third kappa shape index (κ3) is 4.42. The summed E-state index contributed by atoms with van der Waals surface area (Å²) in [6.45, 7) is 18.0. The molecule has 2 aliphatic heterocycles. The smallest absolute Gasteiger partial charge is 0.337 e. The summed E-state index contributed by atoms with van der Waals surface area (Å²) in [5, 5.41) is 0.146. The van der Waals surface area contributed by atoms with Gasteiger partial charge in [0.25, 0.3) is 0 Å². The van der Waals surface area contributed by atoms with E-state index in [0.717, 1.165) is 17.7 Å². The summed E-state index contributed by atoms with van der Waals surface area (Å²) >= 11 is 0. The molecule has 0 radical (unpaired) electrons. The van der Waals surface area contributed by atoms with Crippen molar-refractivity contribution in [2.75, 3.05) is 6.61 Å². The zero-order valence-corrected chi connectivity index (χ0v) is 20.8. The summed E-state index contributed by atoms with van der Waals surface area (Å²) in [6.07, 6.45) is 5.08. The Morgan fingerprint density at radius 1 is 1.20 bits per heavy atom. The Kier molecular flexibility index (Phi) is 6.09. The number of esters is 1. The summed E-state index contributed by atoms with van der Waals surface area (Å²) in [4.78, 5) is 14.9. The second-order valence-electron chi connectivity index (χ2n) is 10.6. The van der Waals surface area contributed by atoms with Crippen LogP contribution in [-0.2, 0) is 20.4 Å². The van der Waals surface area contributed by atoms with Crippen molar-refractivity contribution < 1.29 is 14.0 Å². The summed E-state index contributed by atoms with van der Waals surface area (Å²) < 4.78 is 12.4. The van der Waals surface area contributed by atoms with Crippen molar-refractivity contribution in [3.05, 3.63) is 59.4 Å². The molecule has 5 heteroatoms. The molecule has 3 rings (SSSR count). The quantitative estimate of drug-likeness (QED) is 0.433. The van der Waals surface area contributed by atoms with Gasteiger partial charge in [-0.1, -0.05) is 64.1 Å². The minimum absolute atomic E-state index is 0.0595. The minimum Gasteiger partial charge on any atom is -0.450 e. The van der Waals surface area contributed by atoms with Crippen LogP contribution in [0, 0.1) is 5.92 Å². The number of allylic oxidation sites excluding steroid dienone is 1. The molecule has 2 heterocycles. The first-order valence-corrected chi connectivity index (χ1v) is 13.9. The third-order valence-corrected chi connectivity index (χ3v) is 11.3. The molecule has 2 aliphatic rings. The van der Waals surface area contributed by atoms with Crippen molar-refractivity contribution in [2.45, 2.75) is 77.7 Å². The largest absolute Gasteiger partial charge is 0.450 e. The SMILES string of the molecule is C[C@@H]1C=CN([C@@H](CO[Si](C)(C)C(C)(C)C)Cc2ccccc2)C2=C1C(=O)OC2(C)C. The maximum Gasteiger partial charge on any atom is 0.337 e. The van der Waals surface area contributed by atoms with E-state index in [2.05, 4.69) is 82.2 Å². The molecule has 0 saturated heterocycles. The molecule has 1 aromatic rings. The lowest BCUT2D eigenvalue weighted by Gasteiger charge is -2.42. The first-order valence-electron chi connectivity index (χ1n) is 11.0. The van der Waals surface area contributed by atoms with Gasteiger partial charge in [0.05, 0.1) is 23.9 Å². The van der Waals surface area contributed by atoms with Crippen molar-refractivity contribution in [1.82, 2.24) is 4.90 Å². The van der Waals surface area contributed by atoms with Crippen molar-refractivity contribution in [2.24, 2.45) is 5.92 Å². The van der Waals surface area contributed by atoms with Gasteiger partial charge in [0.15, 0.2) is 8.32 Å². The molecule has 0 fully saturated rings. The molecule has 2 atom stereocenters. The van der Waals surface area contributed by atoms with E-state index in [1.165, 1.54) is 5.56 Å². The van der Waals surface area contributed by atoms with E-state index in [4.69, 9.17) is 9.16 Å². The van der Waals surface area contributed by atoms with Gasteiger partial charge in [-0.15, -0.1) is 0 Å². The van der Waals surface area contributed by atoms with Crippen LogP contribution in [0.15, 0.2) is 53.9 Å². The molecule has 0 aliphatic carbocycles. The predicted octanol–water partition coefficient (Wildman–Crippen LogP) is 5.67. The lowest BCUT2D eigenvalue weighted by molar-refractivity contribution is -0.145. The van der Waals surface area contributed by atoms with Crippen LogP contribution in [0.25, 0.3) is 0 Å². The van der Waals surface area contributed by atoms with E-state index in [9.17, 15) is 4.79 Å². The molecule has 30 heavy (non-hydrogen) atoms. The van der Waals surface area contributed by atoms with E-state index in [1.54, 1.807) is 0 Å². The van der Waals surface area contributed by atoms with Crippen LogP contribution >= 0.6 is 0 Å². The van der Waals surface area contributed by atoms with Crippen molar-refractivity contribution >= 4 is 14.3 Å². The van der Waals surface area contributed by atoms with Crippen LogP contribution < -0.4 is 0 Å². The van der Waals surface area contributed by atoms with Gasteiger partial charge in [0.2, 0.25) is 0 Å². The second-order valence-corrected chi connectivity index (χ2v) is 15.4. The number of carbonyl (C=O) groups excluding carboxylic acids is 1. The van der Waals surface area contributed by atoms with Crippen molar-refractivity contribution in [1.29, 1.82) is 0 Å². The highest BCUT2D eigenvalue weighted by Crippen LogP contribution is 2.43. The molecule has 0 spiro atoms. The Morgan fingerprint density at radius 2 is 1.83 bits per heavy atom. The standard InChI is InChI=1S/C25H37NO3Si/c1-18-14-15-26(22-21(18)23(27)29-25(22,5)6)20(16-19-12-10-9-11-13-19)17-28-30(7,8)24(2,3)4/h9-15,18,20H,16-17H2,1-8H3/t18-,20-/m1/s1. The molecule has 0 N–H and O–H groups in total. The Balaban J connectivity index is 1.96. The number of benzene rings is 1. The Hall–Kier alpha value is -1.85. The molecular weight excluding hydrogens is 390 g/mol. The zero-order valence-electron chi connectivity index (χ0n) is 19.8. The Bertz CT molecular complexity index is 849. The van der Waals surface area contributed by atoms with E-state index in [1.807, 2.05) is 19.9 Å². The molecular formula is C25H37NO3Si. The molecule has 0 saturated carbocycles. The number of ether oxygens (including phenoxy) is 1. The minimum atomic E-state index is -1.91. The monoisotopic (exact) mass is 427 g/mol. The fraction of sp³-hybridized carbons (Fsp3) is 0.560. The van der Waals surface area contributed by atoms with Gasteiger partial charge >= 0.3 is 5.97 Å². The fourth-order valence-corrected chi connectivity index (χ4v) is 4.99. The van der Waals surface area contributed by atoms with Gasteiger partial charge in [0.1, 0.15) is 5.60 Å². The molecule has 0 amide bonds. The Morgan fingerprint density at radius 3 is 2.43 bits per heavy atom. The summed E-state index contributed by atoms with van der Waals surface area (Å²) in [5.41, 5.74) is 2.39. The van der Waals surface area contributed by atoms with Crippen LogP contribution in [-0.4, -0.2) is 37.4 Å². The topological polar surface area (TPSA) is 38.8 Å². The van der Waals surface area contributed by atoms with Gasteiger partial charge in [-0.3, -0.25) is 0 Å². The van der Waals surface area contributed by atoms with Gasteiger partial charge < -0.3 is 14.1 Å². The Labute approximate surface area is 183 Å². The number of cyclic esters (lactones) is 1. The average Bonchev–Trinajstić information content (AvgIpc) is 2.89. The molecule has 0 aromatic heterocycles. The lowest BCUT2D eigenvalue weighted by Crippen LogP contribution is -2.48. The lowest BCUT2D eigenvalue weighted by atomic mass is 9.89. The number of hydrogen-bond donors (Lipinski definition) is 0. The highest BCUT2D eigenvalue weighted by molar-refractivity contribution is 6.74. The van der Waals surface area contributed by atoms with Gasteiger partial charge in [-0.2, -0.15) is 0 Å². The van der Waals surface area contributed by atoms with Gasteiger partial charge in [-0.25, -0.2) is 4.79 Å². The molecule has 0 unspecified atom stereocenters. The number of carbonyl (C=O) groups is 1. The van der Waals surface area contributed by atoms with E-state index in [0.29, 0.717) is 6.61 Å². The molecule has 164 valence electrons. The van der Waals surface area contributed by atoms with Gasteiger partial charge in [-0.05, 0) is 44.0 Å². The zero-order chi connectivity index (χ0) is 22.3. The van der Waals surface area contributed by atoms with Crippen molar-refractivity contribution in [3.8, 4) is 0 Å². The highest BCUT2D eigenvalue weighted by Gasteiger charge is 2.47. The first kappa shape index (κ1) is 22.8. The van der Waals surface area contributed by atoms with Crippen LogP contribution in [0.5, 0.6) is 0 Å². The number of rotatable bonds is 6. The van der Waals surface area contributed by atoms with E-state index >= 15 is 0 Å². The predicted molar refractivity (Wildman–Crippen MR) is 124 cm³/mol. The number of hydrogen-bond acceptors (Lipinski definition) is 4. The first-order chi connectivity index (χ1) is 13.8. The molecule has 0 bridgehead atoms. The van der Waals surface area contributed by atoms with Crippen LogP contribution in [0.2, 0.25) is 18.1 Å². The molecule has 4 nitrogen and oxygen atoms in total. The molecule has 1 aromatic carbocycles. The summed E-state index contributed by atoms with van der Waals surface area (Å²) in [7, 11) is -1.91. The third-order valence-electron chi connectivity index (χ3n) is 6.79. The maximum atomic E-state index is 12.6. The number of nitrogens with zero attached hydrogens (tertiary/aromatic N) is 1. The van der Waals surface area contributed by atoms with Crippen LogP contribution in [0.1, 0.15) is 47.1 Å². The normalized spacial score (nSPS) is 22.2. The average molecular weight is 428 g/mol. The highest BCUT2D eigenvalue weighted by atomic mass is 28.4. The van der Waals surface area contributed by atoms with E-state index in [-0.39, 0.29) is 23.0 Å². The van der Waals surface area contributed by atoms with Gasteiger partial charge in [0, 0.05) is 12.1 Å². The van der Waals surface area contributed by atoms with E-state index < -0.39 is 13.9 Å². The summed E-state index contributed by atoms with van der Waals surface area (Å²) in [5.74, 6) is -0.134. The second kappa shape index (κ2) is 8.01. The van der Waals surface area contributed by atoms with Crippen molar-refractivity contribution in [3.63, 3.8) is 0 Å². The van der Waals surface area contributed by atoms with Crippen LogP contribution in [0.4, 0.5) is 0 Å². The maximum absolute atomic E-state index is 12.6. The van der Waals surface area contributed by atoms with Crippen LogP contribution in [0.3, 0.4) is 0 Å². The summed E-state index contributed by atoms with van der Waals surface area (Å²) in [6, 6.07) is 10.6.